The van der Waals surface area contributed by atoms with Crippen LogP contribution in [0.1, 0.15) is 54.4 Å². The molecule has 10 nitrogen and oxygen atoms in total. The molecule has 2 heterocycles. The highest BCUT2D eigenvalue weighted by Crippen LogP contribution is 2.37. The Kier molecular flexibility index (Phi) is 10.3. The molecule has 43 heavy (non-hydrogen) atoms. The van der Waals surface area contributed by atoms with Crippen LogP contribution in [0.5, 0.6) is 0 Å². The number of rotatable bonds is 12. The normalized spacial score (nSPS) is 17.7. The van der Waals surface area contributed by atoms with E-state index in [1.165, 1.54) is 28.0 Å². The van der Waals surface area contributed by atoms with Gasteiger partial charge in [0.05, 0.1) is 11.1 Å². The number of unbranched alkanes of at least 4 members (excludes halogenated alkanes) is 1. The Morgan fingerprint density at radius 3 is 2.49 bits per heavy atom. The summed E-state index contributed by atoms with van der Waals surface area (Å²) in [6.07, 6.45) is 5.47. The number of benzene rings is 2. The summed E-state index contributed by atoms with van der Waals surface area (Å²) in [6.45, 7) is 0.0890. The molecule has 1 aliphatic heterocycles. The fourth-order valence-corrected chi connectivity index (χ4v) is 6.91. The Morgan fingerprint density at radius 2 is 1.81 bits per heavy atom. The van der Waals surface area contributed by atoms with Gasteiger partial charge >= 0.3 is 6.09 Å². The highest BCUT2D eigenvalue weighted by atomic mass is 32.2. The van der Waals surface area contributed by atoms with Gasteiger partial charge in [-0.1, -0.05) is 36.8 Å². The molecule has 0 spiro atoms. The van der Waals surface area contributed by atoms with Crippen LogP contribution in [-0.2, 0) is 20.9 Å². The van der Waals surface area contributed by atoms with E-state index in [1.807, 2.05) is 30.3 Å². The minimum atomic E-state index is -0.793. The average molecular weight is 622 g/mol. The summed E-state index contributed by atoms with van der Waals surface area (Å²) in [6, 6.07) is 15.7. The smallest absolute Gasteiger partial charge is 0.411 e. The van der Waals surface area contributed by atoms with Gasteiger partial charge in [-0.2, -0.15) is 0 Å². The van der Waals surface area contributed by atoms with E-state index in [2.05, 4.69) is 15.6 Å². The molecule has 1 saturated carbocycles. The summed E-state index contributed by atoms with van der Waals surface area (Å²) in [4.78, 5) is 59.6. The Labute approximate surface area is 259 Å². The SMILES string of the molecule is CNC(=O)CCCCC1SCC(C(=O)N(c2ccc(C(=O)NC3CC3)cc2)c2nccs2)N1C(=O)OCc1ccccc1. The molecule has 3 aromatic rings. The van der Waals surface area contributed by atoms with Gasteiger partial charge in [-0.05, 0) is 55.5 Å². The number of carbonyl (C=O) groups excluding carboxylic acids is 4. The largest absolute Gasteiger partial charge is 0.445 e. The molecular formula is C31H35N5O5S2. The maximum Gasteiger partial charge on any atom is 0.411 e. The van der Waals surface area contributed by atoms with Crippen LogP contribution in [0, 0.1) is 0 Å². The molecule has 4 amide bonds. The minimum absolute atomic E-state index is 0.0265. The number of hydrogen-bond acceptors (Lipinski definition) is 8. The van der Waals surface area contributed by atoms with E-state index in [9.17, 15) is 19.2 Å². The van der Waals surface area contributed by atoms with Crippen molar-refractivity contribution in [3.8, 4) is 0 Å². The van der Waals surface area contributed by atoms with E-state index < -0.39 is 12.1 Å². The molecule has 1 aromatic heterocycles. The predicted molar refractivity (Wildman–Crippen MR) is 167 cm³/mol. The summed E-state index contributed by atoms with van der Waals surface area (Å²) < 4.78 is 5.72. The third-order valence-corrected chi connectivity index (χ3v) is 9.42. The van der Waals surface area contributed by atoms with Crippen LogP contribution in [0.15, 0.2) is 66.2 Å². The molecule has 1 saturated heterocycles. The van der Waals surface area contributed by atoms with Gasteiger partial charge < -0.3 is 15.4 Å². The fourth-order valence-electron chi connectivity index (χ4n) is 4.81. The van der Waals surface area contributed by atoms with Crippen LogP contribution in [0.3, 0.4) is 0 Å². The first-order chi connectivity index (χ1) is 20.9. The monoisotopic (exact) mass is 621 g/mol. The van der Waals surface area contributed by atoms with Crippen LogP contribution in [-0.4, -0.2) is 64.0 Å². The molecule has 226 valence electrons. The molecule has 2 atom stereocenters. The quantitative estimate of drug-likeness (QED) is 0.271. The molecular weight excluding hydrogens is 587 g/mol. The van der Waals surface area contributed by atoms with Gasteiger partial charge in [0.15, 0.2) is 5.13 Å². The molecule has 2 unspecified atom stereocenters. The molecule has 2 N–H and O–H groups in total. The maximum atomic E-state index is 14.3. The number of nitrogens with one attached hydrogen (secondary N) is 2. The standard InChI is InChI=1S/C31H35N5O5S2/c1-32-26(37)9-5-6-10-27-36(31(40)41-19-21-7-3-2-4-8-21)25(20-43-27)29(39)35(30-33-17-18-42-30)24-15-11-22(12-16-24)28(38)34-23-13-14-23/h2-4,7-8,11-12,15-18,23,25,27H,5-6,9-10,13-14,19-20H2,1H3,(H,32,37)(H,34,38). The molecule has 2 aromatic carbocycles. The number of amides is 4. The van der Waals surface area contributed by atoms with Gasteiger partial charge in [0, 0.05) is 42.4 Å². The second kappa shape index (κ2) is 14.5. The Balaban J connectivity index is 1.35. The van der Waals surface area contributed by atoms with E-state index >= 15 is 0 Å². The number of aromatic nitrogens is 1. The second-order valence-corrected chi connectivity index (χ2v) is 12.5. The molecule has 1 aliphatic carbocycles. The molecule has 5 rings (SSSR count). The van der Waals surface area contributed by atoms with Gasteiger partial charge in [0.1, 0.15) is 12.6 Å². The van der Waals surface area contributed by atoms with Crippen molar-refractivity contribution >= 4 is 57.7 Å². The van der Waals surface area contributed by atoms with Crippen LogP contribution in [0.2, 0.25) is 0 Å². The van der Waals surface area contributed by atoms with E-state index in [0.717, 1.165) is 24.8 Å². The maximum absolute atomic E-state index is 14.3. The average Bonchev–Trinajstić information content (AvgIpc) is 3.49. The summed E-state index contributed by atoms with van der Waals surface area (Å²) in [7, 11) is 1.61. The van der Waals surface area contributed by atoms with Gasteiger partial charge in [-0.15, -0.1) is 23.1 Å². The molecule has 2 fully saturated rings. The van der Waals surface area contributed by atoms with Crippen molar-refractivity contribution < 1.29 is 23.9 Å². The second-order valence-electron chi connectivity index (χ2n) is 10.5. The van der Waals surface area contributed by atoms with Crippen LogP contribution < -0.4 is 15.5 Å². The number of nitrogens with zero attached hydrogens (tertiary/aromatic N) is 3. The first-order valence-electron chi connectivity index (χ1n) is 14.4. The van der Waals surface area contributed by atoms with Crippen molar-refractivity contribution in [3.05, 3.63) is 77.3 Å². The predicted octanol–water partition coefficient (Wildman–Crippen LogP) is 5.09. The Hall–Kier alpha value is -3.90. The van der Waals surface area contributed by atoms with Crippen molar-refractivity contribution in [1.82, 2.24) is 20.5 Å². The van der Waals surface area contributed by atoms with E-state index in [0.29, 0.717) is 41.4 Å². The molecule has 12 heteroatoms. The van der Waals surface area contributed by atoms with Crippen molar-refractivity contribution in [2.75, 3.05) is 17.7 Å². The number of thioether (sulfide) groups is 1. The van der Waals surface area contributed by atoms with Gasteiger partial charge in [-0.3, -0.25) is 24.2 Å². The van der Waals surface area contributed by atoms with E-state index in [-0.39, 0.29) is 35.7 Å². The molecule has 0 radical (unpaired) electrons. The number of thiazole rings is 1. The van der Waals surface area contributed by atoms with Gasteiger partial charge in [0.25, 0.3) is 11.8 Å². The Morgan fingerprint density at radius 1 is 1.05 bits per heavy atom. The third kappa shape index (κ3) is 7.94. The van der Waals surface area contributed by atoms with Gasteiger partial charge in [0.2, 0.25) is 5.91 Å². The number of carbonyl (C=O) groups is 4. The lowest BCUT2D eigenvalue weighted by Gasteiger charge is -2.31. The Bertz CT molecular complexity index is 1400. The lowest BCUT2D eigenvalue weighted by Crippen LogP contribution is -2.50. The lowest BCUT2D eigenvalue weighted by molar-refractivity contribution is -0.122. The van der Waals surface area contributed by atoms with Crippen molar-refractivity contribution in [3.63, 3.8) is 0 Å². The summed E-state index contributed by atoms with van der Waals surface area (Å²) in [5.74, 6) is -0.0770. The highest BCUT2D eigenvalue weighted by Gasteiger charge is 2.45. The number of anilines is 2. The zero-order chi connectivity index (χ0) is 30.2. The van der Waals surface area contributed by atoms with Crippen LogP contribution >= 0.6 is 23.1 Å². The first kappa shape index (κ1) is 30.6. The molecule has 2 aliphatic rings. The zero-order valence-electron chi connectivity index (χ0n) is 23.9. The van der Waals surface area contributed by atoms with Gasteiger partial charge in [-0.25, -0.2) is 9.78 Å². The highest BCUT2D eigenvalue weighted by molar-refractivity contribution is 8.00. The summed E-state index contributed by atoms with van der Waals surface area (Å²) >= 11 is 2.85. The third-order valence-electron chi connectivity index (χ3n) is 7.31. The topological polar surface area (TPSA) is 121 Å². The first-order valence-corrected chi connectivity index (χ1v) is 16.3. The number of ether oxygens (including phenoxy) is 1. The summed E-state index contributed by atoms with van der Waals surface area (Å²) in [5.41, 5.74) is 1.92. The minimum Gasteiger partial charge on any atom is -0.445 e. The fraction of sp³-hybridized carbons (Fsp3) is 0.387. The van der Waals surface area contributed by atoms with E-state index in [4.69, 9.17) is 4.74 Å². The summed E-state index contributed by atoms with van der Waals surface area (Å²) in [5, 5.41) is 7.58. The van der Waals surface area contributed by atoms with Crippen LogP contribution in [0.25, 0.3) is 0 Å². The zero-order valence-corrected chi connectivity index (χ0v) is 25.6. The van der Waals surface area contributed by atoms with Crippen molar-refractivity contribution in [2.45, 2.75) is 62.6 Å². The van der Waals surface area contributed by atoms with Crippen molar-refractivity contribution in [1.29, 1.82) is 0 Å². The van der Waals surface area contributed by atoms with Crippen LogP contribution in [0.4, 0.5) is 15.6 Å². The molecule has 0 bridgehead atoms. The van der Waals surface area contributed by atoms with Crippen molar-refractivity contribution in [2.24, 2.45) is 0 Å². The number of hydrogen-bond donors (Lipinski definition) is 2. The lowest BCUT2D eigenvalue weighted by atomic mass is 10.1. The van der Waals surface area contributed by atoms with E-state index in [1.54, 1.807) is 47.8 Å².